The van der Waals surface area contributed by atoms with Gasteiger partial charge in [0.15, 0.2) is 18.9 Å². The van der Waals surface area contributed by atoms with Gasteiger partial charge in [-0.15, -0.1) is 0 Å². The Hall–Kier alpha value is -2.25. The Balaban J connectivity index is 1.41. The molecule has 3 aliphatic rings. The van der Waals surface area contributed by atoms with Gasteiger partial charge < -0.3 is 89.9 Å². The number of rotatable bonds is 58. The second kappa shape index (κ2) is 55.6. The SMILES string of the molecule is CC/C=C\C/C=C\C/C=C\C/C=C\CCCCCCCCCCCCC(=O)NC(COC1OC(CO)C(OC2OC(CO)C(OC3OC(CO)C(O)C(O)C3O)C(O)C2O)C(O)C1O)C(O)CCCCCCCCCCCCCCCCCCCCCCCCCCC. The van der Waals surface area contributed by atoms with Crippen molar-refractivity contribution in [2.75, 3.05) is 26.4 Å². The van der Waals surface area contributed by atoms with Gasteiger partial charge in [0, 0.05) is 6.42 Å². The molecule has 0 aromatic heterocycles. The molecule has 544 valence electrons. The van der Waals surface area contributed by atoms with E-state index in [2.05, 4.69) is 67.8 Å². The van der Waals surface area contributed by atoms with Crippen molar-refractivity contribution in [1.29, 1.82) is 0 Å². The average Bonchev–Trinajstić information content (AvgIpc) is 0.814. The number of nitrogens with one attached hydrogen (secondary N) is 1. The summed E-state index contributed by atoms with van der Waals surface area (Å²) in [5.74, 6) is -0.246. The largest absolute Gasteiger partial charge is 0.394 e. The fraction of sp³-hybridized carbons (Fsp3) is 0.878. The molecule has 3 saturated heterocycles. The molecule has 19 heteroatoms. The first-order chi connectivity index (χ1) is 45.3. The van der Waals surface area contributed by atoms with Crippen LogP contribution >= 0.6 is 0 Å². The molecule has 0 aliphatic carbocycles. The van der Waals surface area contributed by atoms with E-state index in [9.17, 15) is 61.0 Å². The molecule has 1 amide bonds. The normalized spacial score (nSPS) is 27.8. The highest BCUT2D eigenvalue weighted by atomic mass is 16.8. The zero-order chi connectivity index (χ0) is 67.5. The summed E-state index contributed by atoms with van der Waals surface area (Å²) in [7, 11) is 0. The molecule has 3 aliphatic heterocycles. The molecule has 3 fully saturated rings. The maximum atomic E-state index is 13.5. The summed E-state index contributed by atoms with van der Waals surface area (Å²) in [4.78, 5) is 13.5. The maximum absolute atomic E-state index is 13.5. The van der Waals surface area contributed by atoms with Gasteiger partial charge in [0.1, 0.15) is 73.2 Å². The lowest BCUT2D eigenvalue weighted by Gasteiger charge is -2.48. The quantitative estimate of drug-likeness (QED) is 0.0199. The average molecular weight is 1330 g/mol. The Labute approximate surface area is 561 Å². The Kier molecular flexibility index (Phi) is 50.8. The predicted octanol–water partition coefficient (Wildman–Crippen LogP) is 10.9. The van der Waals surface area contributed by atoms with Crippen LogP contribution in [0, 0.1) is 0 Å². The molecule has 17 atom stereocenters. The minimum absolute atomic E-state index is 0.246. The van der Waals surface area contributed by atoms with Crippen LogP contribution < -0.4 is 5.32 Å². The molecule has 0 saturated carbocycles. The van der Waals surface area contributed by atoms with E-state index in [-0.39, 0.29) is 18.9 Å². The standard InChI is InChI=1S/C74H135NO18/c1-3-5-7-9-11-13-15-17-19-21-23-25-27-28-30-31-33-35-37-39-41-43-45-47-49-51-58(79)57(75-62(80)52-50-48-46-44-42-40-38-36-34-32-29-26-24-22-20-18-16-14-12-10-8-6-4-2)56-88-72-68(86)65(83)70(60(54-77)90-72)93-74-69(87)66(84)71(61(55-78)91-74)92-73-67(85)64(82)63(81)59(53-76)89-73/h6,8,12,14,18,20,24,26,57-61,63-74,76-79,81-87H,3-5,7,9-11,13,15-17,19,21-23,25,27-56H2,1-2H3,(H,75,80)/b8-6-,14-12-,20-18-,26-24-. The van der Waals surface area contributed by atoms with Crippen molar-refractivity contribution in [2.24, 2.45) is 0 Å². The predicted molar refractivity (Wildman–Crippen MR) is 365 cm³/mol. The van der Waals surface area contributed by atoms with Crippen molar-refractivity contribution in [3.63, 3.8) is 0 Å². The lowest BCUT2D eigenvalue weighted by molar-refractivity contribution is -0.379. The summed E-state index contributed by atoms with van der Waals surface area (Å²) in [6, 6.07) is -0.892. The van der Waals surface area contributed by atoms with E-state index >= 15 is 0 Å². The third-order valence-corrected chi connectivity index (χ3v) is 18.7. The summed E-state index contributed by atoms with van der Waals surface area (Å²) in [5, 5.41) is 121. The minimum Gasteiger partial charge on any atom is -0.394 e. The molecule has 0 radical (unpaired) electrons. The van der Waals surface area contributed by atoms with Gasteiger partial charge in [0.2, 0.25) is 5.91 Å². The molecular formula is C74H135NO18. The second-order valence-electron chi connectivity index (χ2n) is 26.7. The Morgan fingerprint density at radius 1 is 0.398 bits per heavy atom. The topological polar surface area (TPSA) is 307 Å². The molecule has 3 rings (SSSR count). The van der Waals surface area contributed by atoms with Crippen molar-refractivity contribution in [3.8, 4) is 0 Å². The highest BCUT2D eigenvalue weighted by Gasteiger charge is 2.53. The molecule has 17 unspecified atom stereocenters. The summed E-state index contributed by atoms with van der Waals surface area (Å²) >= 11 is 0. The van der Waals surface area contributed by atoms with Crippen LogP contribution in [0.25, 0.3) is 0 Å². The van der Waals surface area contributed by atoms with Gasteiger partial charge >= 0.3 is 0 Å². The number of allylic oxidation sites excluding steroid dienone is 8. The smallest absolute Gasteiger partial charge is 0.220 e. The third-order valence-electron chi connectivity index (χ3n) is 18.7. The van der Waals surface area contributed by atoms with E-state index < -0.39 is 124 Å². The molecular weight excluding hydrogens is 1190 g/mol. The zero-order valence-electron chi connectivity index (χ0n) is 57.7. The summed E-state index contributed by atoms with van der Waals surface area (Å²) in [6.07, 6.45) is 40.4. The van der Waals surface area contributed by atoms with Gasteiger partial charge in [-0.3, -0.25) is 4.79 Å². The Morgan fingerprint density at radius 3 is 1.16 bits per heavy atom. The maximum Gasteiger partial charge on any atom is 0.220 e. The van der Waals surface area contributed by atoms with Gasteiger partial charge in [0.25, 0.3) is 0 Å². The number of carbonyl (C=O) groups is 1. The van der Waals surface area contributed by atoms with E-state index in [1.807, 2.05) is 0 Å². The number of unbranched alkanes of at least 4 members (excludes halogenated alkanes) is 34. The molecule has 12 N–H and O–H groups in total. The van der Waals surface area contributed by atoms with Crippen LogP contribution in [0.4, 0.5) is 0 Å². The number of carbonyl (C=O) groups excluding carboxylic acids is 1. The van der Waals surface area contributed by atoms with Gasteiger partial charge in [-0.1, -0.05) is 274 Å². The number of aliphatic hydroxyl groups is 11. The first kappa shape index (κ1) is 85.0. The number of aliphatic hydroxyl groups excluding tert-OH is 11. The van der Waals surface area contributed by atoms with Crippen LogP contribution in [0.5, 0.6) is 0 Å². The van der Waals surface area contributed by atoms with E-state index in [1.54, 1.807) is 0 Å². The van der Waals surface area contributed by atoms with Crippen molar-refractivity contribution in [3.05, 3.63) is 48.6 Å². The van der Waals surface area contributed by atoms with E-state index in [0.29, 0.717) is 12.8 Å². The minimum atomic E-state index is -1.97. The van der Waals surface area contributed by atoms with Crippen molar-refractivity contribution >= 4 is 5.91 Å². The number of ether oxygens (including phenoxy) is 6. The van der Waals surface area contributed by atoms with Crippen LogP contribution in [-0.2, 0) is 33.2 Å². The second-order valence-corrected chi connectivity index (χ2v) is 26.7. The van der Waals surface area contributed by atoms with E-state index in [4.69, 9.17) is 28.4 Å². The Bertz CT molecular complexity index is 1870. The van der Waals surface area contributed by atoms with Crippen molar-refractivity contribution in [2.45, 2.75) is 388 Å². The number of hydrogen-bond acceptors (Lipinski definition) is 18. The lowest BCUT2D eigenvalue weighted by Crippen LogP contribution is -2.66. The molecule has 0 spiro atoms. The van der Waals surface area contributed by atoms with E-state index in [0.717, 1.165) is 77.0 Å². The van der Waals surface area contributed by atoms with Gasteiger partial charge in [-0.25, -0.2) is 0 Å². The first-order valence-corrected chi connectivity index (χ1v) is 37.4. The van der Waals surface area contributed by atoms with Crippen molar-refractivity contribution < 1.29 is 89.4 Å². The van der Waals surface area contributed by atoms with Crippen LogP contribution in [0.3, 0.4) is 0 Å². The third kappa shape index (κ3) is 37.0. The fourth-order valence-electron chi connectivity index (χ4n) is 12.7. The van der Waals surface area contributed by atoms with Crippen LogP contribution in [0.15, 0.2) is 48.6 Å². The summed E-state index contributed by atoms with van der Waals surface area (Å²) < 4.78 is 34.5. The van der Waals surface area contributed by atoms with Crippen LogP contribution in [-0.4, -0.2) is 193 Å². The summed E-state index contributed by atoms with van der Waals surface area (Å²) in [5.41, 5.74) is 0. The van der Waals surface area contributed by atoms with Crippen molar-refractivity contribution in [1.82, 2.24) is 5.32 Å². The molecule has 93 heavy (non-hydrogen) atoms. The molecule has 0 aromatic rings. The fourth-order valence-corrected chi connectivity index (χ4v) is 12.7. The van der Waals surface area contributed by atoms with Gasteiger partial charge in [0.05, 0.1) is 38.6 Å². The van der Waals surface area contributed by atoms with Crippen LogP contribution in [0.2, 0.25) is 0 Å². The Morgan fingerprint density at radius 2 is 0.742 bits per heavy atom. The highest BCUT2D eigenvalue weighted by molar-refractivity contribution is 5.76. The zero-order valence-corrected chi connectivity index (χ0v) is 57.7. The van der Waals surface area contributed by atoms with Gasteiger partial charge in [-0.05, 0) is 51.4 Å². The molecule has 3 heterocycles. The molecule has 0 bridgehead atoms. The van der Waals surface area contributed by atoms with Crippen LogP contribution in [0.1, 0.15) is 284 Å². The monoisotopic (exact) mass is 1330 g/mol. The first-order valence-electron chi connectivity index (χ1n) is 37.4. The summed E-state index contributed by atoms with van der Waals surface area (Å²) in [6.45, 7) is 1.72. The van der Waals surface area contributed by atoms with E-state index in [1.165, 1.54) is 173 Å². The van der Waals surface area contributed by atoms with Gasteiger partial charge in [-0.2, -0.15) is 0 Å². The number of amides is 1. The highest BCUT2D eigenvalue weighted by Crippen LogP contribution is 2.33. The molecule has 19 nitrogen and oxygen atoms in total. The molecule has 0 aromatic carbocycles. The number of hydrogen-bond donors (Lipinski definition) is 12. The lowest BCUT2D eigenvalue weighted by atomic mass is 9.96.